The minimum absolute atomic E-state index is 0.748. The Hall–Kier alpha value is -0.980. The van der Waals surface area contributed by atoms with Gasteiger partial charge in [0.25, 0.3) is 0 Å². The summed E-state index contributed by atoms with van der Waals surface area (Å²) in [5.41, 5.74) is 3.05. The Balaban J connectivity index is 2.36. The molecule has 0 amide bonds. The molecule has 82 valence electrons. The highest BCUT2D eigenvalue weighted by atomic mass is 16.5. The Bertz CT molecular complexity index is 341. The van der Waals surface area contributed by atoms with Crippen molar-refractivity contribution in [1.82, 2.24) is 0 Å². The van der Waals surface area contributed by atoms with E-state index in [1.807, 2.05) is 0 Å². The maximum Gasteiger partial charge on any atom is 0.119 e. The molecule has 0 saturated heterocycles. The Morgan fingerprint density at radius 1 is 1.33 bits per heavy atom. The van der Waals surface area contributed by atoms with Crippen LogP contribution in [0.2, 0.25) is 0 Å². The van der Waals surface area contributed by atoms with Gasteiger partial charge < -0.3 is 4.74 Å². The Kier molecular flexibility index (Phi) is 2.99. The number of ether oxygens (including phenoxy) is 1. The molecule has 1 aliphatic carbocycles. The second kappa shape index (κ2) is 4.26. The van der Waals surface area contributed by atoms with Crippen molar-refractivity contribution in [2.24, 2.45) is 5.92 Å². The summed E-state index contributed by atoms with van der Waals surface area (Å²) >= 11 is 0. The summed E-state index contributed by atoms with van der Waals surface area (Å²) in [7, 11) is 1.74. The highest BCUT2D eigenvalue weighted by molar-refractivity contribution is 5.39. The summed E-state index contributed by atoms with van der Waals surface area (Å²) in [4.78, 5) is 0. The van der Waals surface area contributed by atoms with E-state index in [2.05, 4.69) is 32.0 Å². The lowest BCUT2D eigenvalue weighted by atomic mass is 9.77. The van der Waals surface area contributed by atoms with Gasteiger partial charge in [0, 0.05) is 0 Å². The Morgan fingerprint density at radius 3 is 2.80 bits per heavy atom. The minimum Gasteiger partial charge on any atom is -0.497 e. The molecular weight excluding hydrogens is 184 g/mol. The van der Waals surface area contributed by atoms with Crippen molar-refractivity contribution in [2.45, 2.75) is 39.0 Å². The van der Waals surface area contributed by atoms with Crippen LogP contribution in [0.4, 0.5) is 0 Å². The van der Waals surface area contributed by atoms with E-state index in [1.165, 1.54) is 24.8 Å². The summed E-state index contributed by atoms with van der Waals surface area (Å²) in [5, 5.41) is 0. The molecule has 1 heteroatoms. The van der Waals surface area contributed by atoms with Crippen molar-refractivity contribution in [3.8, 4) is 5.75 Å². The molecule has 1 unspecified atom stereocenters. The van der Waals surface area contributed by atoms with E-state index < -0.39 is 0 Å². The van der Waals surface area contributed by atoms with Gasteiger partial charge in [0.15, 0.2) is 0 Å². The van der Waals surface area contributed by atoms with Crippen molar-refractivity contribution in [3.63, 3.8) is 0 Å². The zero-order valence-electron chi connectivity index (χ0n) is 9.92. The number of methoxy groups -OCH3 is 1. The van der Waals surface area contributed by atoms with Crippen LogP contribution in [0, 0.1) is 5.92 Å². The Morgan fingerprint density at radius 2 is 2.13 bits per heavy atom. The number of hydrogen-bond donors (Lipinski definition) is 0. The Labute approximate surface area is 92.5 Å². The molecule has 0 fully saturated rings. The fourth-order valence-electron chi connectivity index (χ4n) is 2.65. The number of hydrogen-bond acceptors (Lipinski definition) is 1. The molecule has 1 aromatic carbocycles. The fourth-order valence-corrected chi connectivity index (χ4v) is 2.65. The lowest BCUT2D eigenvalue weighted by Gasteiger charge is -2.28. The van der Waals surface area contributed by atoms with Crippen LogP contribution in [-0.4, -0.2) is 7.11 Å². The lowest BCUT2D eigenvalue weighted by molar-refractivity contribution is 0.407. The van der Waals surface area contributed by atoms with Gasteiger partial charge in [-0.15, -0.1) is 0 Å². The standard InChI is InChI=1S/C14H20O/c1-10(2)13-6-4-5-11-9-12(15-3)7-8-14(11)13/h7-10,13H,4-6H2,1-3H3. The van der Waals surface area contributed by atoms with E-state index in [4.69, 9.17) is 4.74 Å². The third-order valence-electron chi connectivity index (χ3n) is 3.52. The molecule has 0 N–H and O–H groups in total. The van der Waals surface area contributed by atoms with Crippen LogP contribution in [0.15, 0.2) is 18.2 Å². The predicted molar refractivity (Wildman–Crippen MR) is 63.5 cm³/mol. The van der Waals surface area contributed by atoms with Gasteiger partial charge >= 0.3 is 0 Å². The largest absolute Gasteiger partial charge is 0.497 e. The fraction of sp³-hybridized carbons (Fsp3) is 0.571. The molecule has 0 aromatic heterocycles. The van der Waals surface area contributed by atoms with Crippen molar-refractivity contribution >= 4 is 0 Å². The van der Waals surface area contributed by atoms with Crippen molar-refractivity contribution in [2.75, 3.05) is 7.11 Å². The van der Waals surface area contributed by atoms with Gasteiger partial charge in [-0.05, 0) is 54.4 Å². The first-order valence-electron chi connectivity index (χ1n) is 5.89. The van der Waals surface area contributed by atoms with E-state index in [0.717, 1.165) is 17.6 Å². The van der Waals surface area contributed by atoms with Gasteiger partial charge in [0.05, 0.1) is 7.11 Å². The summed E-state index contributed by atoms with van der Waals surface area (Å²) in [5.74, 6) is 2.50. The van der Waals surface area contributed by atoms with Gasteiger partial charge in [0.2, 0.25) is 0 Å². The van der Waals surface area contributed by atoms with Gasteiger partial charge in [0.1, 0.15) is 5.75 Å². The van der Waals surface area contributed by atoms with Gasteiger partial charge in [-0.3, -0.25) is 0 Å². The van der Waals surface area contributed by atoms with Crippen LogP contribution < -0.4 is 4.74 Å². The summed E-state index contributed by atoms with van der Waals surface area (Å²) in [6, 6.07) is 6.57. The second-order valence-corrected chi connectivity index (χ2v) is 4.81. The monoisotopic (exact) mass is 204 g/mol. The van der Waals surface area contributed by atoms with E-state index in [9.17, 15) is 0 Å². The molecule has 1 aliphatic rings. The maximum atomic E-state index is 5.28. The van der Waals surface area contributed by atoms with E-state index in [0.29, 0.717) is 0 Å². The quantitative estimate of drug-likeness (QED) is 0.712. The number of aryl methyl sites for hydroxylation is 1. The molecule has 0 saturated carbocycles. The molecule has 0 bridgehead atoms. The second-order valence-electron chi connectivity index (χ2n) is 4.81. The zero-order valence-corrected chi connectivity index (χ0v) is 9.92. The molecule has 1 nitrogen and oxygen atoms in total. The van der Waals surface area contributed by atoms with Crippen LogP contribution in [0.3, 0.4) is 0 Å². The number of fused-ring (bicyclic) bond motifs is 1. The summed E-state index contributed by atoms with van der Waals surface area (Å²) in [6.45, 7) is 4.65. The zero-order chi connectivity index (χ0) is 10.8. The van der Waals surface area contributed by atoms with Crippen LogP contribution in [0.5, 0.6) is 5.75 Å². The first-order chi connectivity index (χ1) is 7.22. The van der Waals surface area contributed by atoms with E-state index in [-0.39, 0.29) is 0 Å². The molecule has 1 atom stereocenters. The highest BCUT2D eigenvalue weighted by Gasteiger charge is 2.22. The van der Waals surface area contributed by atoms with Gasteiger partial charge in [-0.1, -0.05) is 19.9 Å². The molecular formula is C14H20O. The molecule has 0 spiro atoms. The minimum atomic E-state index is 0.748. The number of benzene rings is 1. The van der Waals surface area contributed by atoms with Crippen molar-refractivity contribution < 1.29 is 4.74 Å². The molecule has 0 aliphatic heterocycles. The van der Waals surface area contributed by atoms with Gasteiger partial charge in [-0.2, -0.15) is 0 Å². The SMILES string of the molecule is COc1ccc2c(c1)CCCC2C(C)C. The molecule has 0 radical (unpaired) electrons. The lowest BCUT2D eigenvalue weighted by Crippen LogP contribution is -2.14. The third kappa shape index (κ3) is 2.01. The number of rotatable bonds is 2. The summed E-state index contributed by atoms with van der Waals surface area (Å²) < 4.78 is 5.28. The van der Waals surface area contributed by atoms with Crippen LogP contribution in [-0.2, 0) is 6.42 Å². The van der Waals surface area contributed by atoms with Crippen LogP contribution in [0.1, 0.15) is 43.7 Å². The van der Waals surface area contributed by atoms with Crippen molar-refractivity contribution in [1.29, 1.82) is 0 Å². The molecule has 0 heterocycles. The highest BCUT2D eigenvalue weighted by Crippen LogP contribution is 2.37. The first-order valence-corrected chi connectivity index (χ1v) is 5.89. The summed E-state index contributed by atoms with van der Waals surface area (Å²) in [6.07, 6.45) is 3.88. The average Bonchev–Trinajstić information content (AvgIpc) is 2.27. The first kappa shape index (κ1) is 10.5. The van der Waals surface area contributed by atoms with E-state index >= 15 is 0 Å². The van der Waals surface area contributed by atoms with E-state index in [1.54, 1.807) is 12.7 Å². The average molecular weight is 204 g/mol. The predicted octanol–water partition coefficient (Wildman–Crippen LogP) is 3.77. The van der Waals surface area contributed by atoms with Crippen LogP contribution in [0.25, 0.3) is 0 Å². The smallest absolute Gasteiger partial charge is 0.119 e. The molecule has 15 heavy (non-hydrogen) atoms. The topological polar surface area (TPSA) is 9.23 Å². The van der Waals surface area contributed by atoms with Crippen molar-refractivity contribution in [3.05, 3.63) is 29.3 Å². The normalized spacial score (nSPS) is 20.1. The maximum absolute atomic E-state index is 5.28. The third-order valence-corrected chi connectivity index (χ3v) is 3.52. The van der Waals surface area contributed by atoms with Gasteiger partial charge in [-0.25, -0.2) is 0 Å². The van der Waals surface area contributed by atoms with Crippen LogP contribution >= 0.6 is 0 Å². The molecule has 2 rings (SSSR count). The molecule has 1 aromatic rings.